The molecule has 4 aromatic rings. The lowest BCUT2D eigenvalue weighted by atomic mass is 9.85. The van der Waals surface area contributed by atoms with Crippen LogP contribution < -0.4 is 10.5 Å². The zero-order valence-corrected chi connectivity index (χ0v) is 15.5. The minimum Gasteiger partial charge on any atom is -0.489 e. The van der Waals surface area contributed by atoms with E-state index < -0.39 is 0 Å². The van der Waals surface area contributed by atoms with Gasteiger partial charge in [0.05, 0.1) is 0 Å². The minimum atomic E-state index is 0.438. The Kier molecular flexibility index (Phi) is 4.16. The van der Waals surface area contributed by atoms with E-state index in [2.05, 4.69) is 22.2 Å². The fourth-order valence-electron chi connectivity index (χ4n) is 3.58. The largest absolute Gasteiger partial charge is 0.489 e. The van der Waals surface area contributed by atoms with Gasteiger partial charge in [0, 0.05) is 11.5 Å². The molecule has 5 rings (SSSR count). The summed E-state index contributed by atoms with van der Waals surface area (Å²) in [4.78, 5) is 9.11. The van der Waals surface area contributed by atoms with E-state index in [1.165, 1.54) is 12.7 Å². The van der Waals surface area contributed by atoms with Gasteiger partial charge in [-0.05, 0) is 30.5 Å². The third-order valence-electron chi connectivity index (χ3n) is 5.31. The number of anilines is 1. The van der Waals surface area contributed by atoms with Gasteiger partial charge >= 0.3 is 0 Å². The van der Waals surface area contributed by atoms with Gasteiger partial charge in [0.1, 0.15) is 35.7 Å². The first-order chi connectivity index (χ1) is 13.8. The van der Waals surface area contributed by atoms with Crippen LogP contribution >= 0.6 is 0 Å². The fraction of sp³-hybridized carbons (Fsp3) is 0.227. The summed E-state index contributed by atoms with van der Waals surface area (Å²) in [6, 6.07) is 18.1. The minimum absolute atomic E-state index is 0.438. The van der Waals surface area contributed by atoms with Crippen LogP contribution in [0.15, 0.2) is 60.9 Å². The molecule has 140 valence electrons. The van der Waals surface area contributed by atoms with Gasteiger partial charge < -0.3 is 10.5 Å². The van der Waals surface area contributed by atoms with Gasteiger partial charge in [-0.3, -0.25) is 0 Å². The van der Waals surface area contributed by atoms with Gasteiger partial charge in [0.25, 0.3) is 0 Å². The predicted octanol–water partition coefficient (Wildman–Crippen LogP) is 4.22. The molecule has 1 saturated carbocycles. The molecule has 0 unspecified atom stereocenters. The van der Waals surface area contributed by atoms with Gasteiger partial charge in [0.15, 0.2) is 5.82 Å². The number of hydrogen-bond donors (Lipinski definition) is 1. The second-order valence-electron chi connectivity index (χ2n) is 7.15. The Labute approximate surface area is 163 Å². The molecule has 0 saturated heterocycles. The Morgan fingerprint density at radius 1 is 1.07 bits per heavy atom. The number of nitrogens with two attached hydrogens (primary N) is 1. The SMILES string of the molecule is Nc1ncnn2c(C3CCC3)nc(-c3cccc(OCc4ccccc4)c3)c12. The molecule has 28 heavy (non-hydrogen) atoms. The summed E-state index contributed by atoms with van der Waals surface area (Å²) in [6.07, 6.45) is 5.01. The number of aromatic nitrogens is 4. The lowest BCUT2D eigenvalue weighted by Crippen LogP contribution is -2.14. The Balaban J connectivity index is 1.51. The summed E-state index contributed by atoms with van der Waals surface area (Å²) in [5.74, 6) is 2.65. The van der Waals surface area contributed by atoms with Crippen LogP contribution in [0.25, 0.3) is 16.8 Å². The van der Waals surface area contributed by atoms with Crippen LogP contribution in [0.3, 0.4) is 0 Å². The molecule has 1 fully saturated rings. The molecule has 0 spiro atoms. The summed E-state index contributed by atoms with van der Waals surface area (Å²) in [5, 5.41) is 4.42. The highest BCUT2D eigenvalue weighted by Crippen LogP contribution is 2.39. The highest BCUT2D eigenvalue weighted by molar-refractivity contribution is 5.85. The van der Waals surface area contributed by atoms with Crippen molar-refractivity contribution in [2.45, 2.75) is 31.8 Å². The highest BCUT2D eigenvalue weighted by Gasteiger charge is 2.27. The summed E-state index contributed by atoms with van der Waals surface area (Å²) >= 11 is 0. The number of nitrogens with zero attached hydrogens (tertiary/aromatic N) is 4. The van der Waals surface area contributed by atoms with Gasteiger partial charge in [0.2, 0.25) is 0 Å². The monoisotopic (exact) mass is 371 g/mol. The topological polar surface area (TPSA) is 78.3 Å². The second-order valence-corrected chi connectivity index (χ2v) is 7.15. The van der Waals surface area contributed by atoms with Crippen molar-refractivity contribution in [3.05, 3.63) is 72.3 Å². The van der Waals surface area contributed by atoms with Crippen LogP contribution in [0.2, 0.25) is 0 Å². The van der Waals surface area contributed by atoms with Crippen molar-refractivity contribution in [3.8, 4) is 17.0 Å². The highest BCUT2D eigenvalue weighted by atomic mass is 16.5. The van der Waals surface area contributed by atoms with E-state index in [1.807, 2.05) is 47.0 Å². The molecule has 1 aliphatic rings. The number of benzene rings is 2. The third-order valence-corrected chi connectivity index (χ3v) is 5.31. The van der Waals surface area contributed by atoms with E-state index in [0.717, 1.165) is 46.8 Å². The van der Waals surface area contributed by atoms with Gasteiger partial charge in [-0.2, -0.15) is 5.10 Å². The van der Waals surface area contributed by atoms with Crippen molar-refractivity contribution in [1.82, 2.24) is 19.6 Å². The van der Waals surface area contributed by atoms with Crippen LogP contribution in [0, 0.1) is 0 Å². The van der Waals surface area contributed by atoms with E-state index in [1.54, 1.807) is 0 Å². The van der Waals surface area contributed by atoms with Crippen LogP contribution in [-0.4, -0.2) is 19.6 Å². The maximum Gasteiger partial charge on any atom is 0.153 e. The summed E-state index contributed by atoms with van der Waals surface area (Å²) in [5.41, 5.74) is 9.86. The average molecular weight is 371 g/mol. The second kappa shape index (κ2) is 6.96. The first-order valence-corrected chi connectivity index (χ1v) is 9.56. The molecule has 0 radical (unpaired) electrons. The number of rotatable bonds is 5. The van der Waals surface area contributed by atoms with Crippen molar-refractivity contribution in [3.63, 3.8) is 0 Å². The van der Waals surface area contributed by atoms with Crippen LogP contribution in [0.1, 0.15) is 36.6 Å². The molecular formula is C22H21N5O. The average Bonchev–Trinajstić information content (AvgIpc) is 3.07. The quantitative estimate of drug-likeness (QED) is 0.568. The van der Waals surface area contributed by atoms with Crippen molar-refractivity contribution in [2.75, 3.05) is 5.73 Å². The molecular weight excluding hydrogens is 350 g/mol. The third kappa shape index (κ3) is 2.97. The van der Waals surface area contributed by atoms with E-state index in [0.29, 0.717) is 18.3 Å². The van der Waals surface area contributed by atoms with Gasteiger partial charge in [-0.1, -0.05) is 48.9 Å². The molecule has 0 aliphatic heterocycles. The van der Waals surface area contributed by atoms with E-state index in [4.69, 9.17) is 15.5 Å². The van der Waals surface area contributed by atoms with Gasteiger partial charge in [-0.15, -0.1) is 0 Å². The number of hydrogen-bond acceptors (Lipinski definition) is 5. The standard InChI is InChI=1S/C22H21N5O/c23-21-20-19(26-22(16-8-4-9-16)27(20)25-14-24-21)17-10-5-11-18(12-17)28-13-15-6-2-1-3-7-15/h1-3,5-7,10-12,14,16H,4,8-9,13H2,(H2,23,24,25). The normalized spacial score (nSPS) is 14.1. The number of nitrogen functional groups attached to an aromatic ring is 1. The molecule has 1 aliphatic carbocycles. The lowest BCUT2D eigenvalue weighted by Gasteiger charge is -2.23. The fourth-order valence-corrected chi connectivity index (χ4v) is 3.58. The molecule has 6 nitrogen and oxygen atoms in total. The van der Waals surface area contributed by atoms with Gasteiger partial charge in [-0.25, -0.2) is 14.5 Å². The summed E-state index contributed by atoms with van der Waals surface area (Å²) < 4.78 is 7.85. The van der Waals surface area contributed by atoms with Crippen LogP contribution in [0.5, 0.6) is 5.75 Å². The van der Waals surface area contributed by atoms with Crippen molar-refractivity contribution < 1.29 is 4.74 Å². The zero-order chi connectivity index (χ0) is 18.9. The Morgan fingerprint density at radius 2 is 1.93 bits per heavy atom. The molecule has 0 atom stereocenters. The zero-order valence-electron chi connectivity index (χ0n) is 15.5. The van der Waals surface area contributed by atoms with Crippen LogP contribution in [0.4, 0.5) is 5.82 Å². The van der Waals surface area contributed by atoms with E-state index in [-0.39, 0.29) is 0 Å². The molecule has 2 heterocycles. The lowest BCUT2D eigenvalue weighted by molar-refractivity contribution is 0.306. The van der Waals surface area contributed by atoms with Crippen molar-refractivity contribution >= 4 is 11.3 Å². The Bertz CT molecular complexity index is 1120. The van der Waals surface area contributed by atoms with Crippen molar-refractivity contribution in [2.24, 2.45) is 0 Å². The molecule has 6 heteroatoms. The number of ether oxygens (including phenoxy) is 1. The van der Waals surface area contributed by atoms with Crippen LogP contribution in [-0.2, 0) is 6.61 Å². The molecule has 0 bridgehead atoms. The maximum atomic E-state index is 6.20. The first kappa shape index (κ1) is 16.7. The first-order valence-electron chi connectivity index (χ1n) is 9.56. The molecule has 2 aromatic carbocycles. The predicted molar refractivity (Wildman–Crippen MR) is 108 cm³/mol. The van der Waals surface area contributed by atoms with Crippen molar-refractivity contribution in [1.29, 1.82) is 0 Å². The molecule has 2 aromatic heterocycles. The summed E-state index contributed by atoms with van der Waals surface area (Å²) in [6.45, 7) is 0.521. The number of fused-ring (bicyclic) bond motifs is 1. The smallest absolute Gasteiger partial charge is 0.153 e. The Hall–Kier alpha value is -3.41. The molecule has 2 N–H and O–H groups in total. The number of imidazole rings is 1. The molecule has 0 amide bonds. The summed E-state index contributed by atoms with van der Waals surface area (Å²) in [7, 11) is 0. The van der Waals surface area contributed by atoms with E-state index in [9.17, 15) is 0 Å². The van der Waals surface area contributed by atoms with E-state index >= 15 is 0 Å². The Morgan fingerprint density at radius 3 is 2.71 bits per heavy atom. The maximum absolute atomic E-state index is 6.20.